The highest BCUT2D eigenvalue weighted by Gasteiger charge is 2.42. The fourth-order valence-corrected chi connectivity index (χ4v) is 4.97. The van der Waals surface area contributed by atoms with Crippen LogP contribution in [-0.4, -0.2) is 61.7 Å². The Kier molecular flexibility index (Phi) is 6.88. The van der Waals surface area contributed by atoms with Gasteiger partial charge in [-0.3, -0.25) is 14.5 Å². The molecule has 0 unspecified atom stereocenters. The number of hydrogen-bond acceptors (Lipinski definition) is 6. The summed E-state index contributed by atoms with van der Waals surface area (Å²) in [5, 5.41) is 0.514. The first-order valence-electron chi connectivity index (χ1n) is 12.5. The summed E-state index contributed by atoms with van der Waals surface area (Å²) in [6.07, 6.45) is 1.73. The van der Waals surface area contributed by atoms with Crippen molar-refractivity contribution in [2.45, 2.75) is 32.7 Å². The molecule has 2 aromatic carbocycles. The van der Waals surface area contributed by atoms with Gasteiger partial charge in [0.2, 0.25) is 5.76 Å². The van der Waals surface area contributed by atoms with Gasteiger partial charge in [-0.1, -0.05) is 30.7 Å². The molecule has 5 rings (SSSR count). The van der Waals surface area contributed by atoms with Crippen molar-refractivity contribution in [1.29, 1.82) is 0 Å². The number of hydrogen-bond donors (Lipinski definition) is 0. The number of rotatable bonds is 8. The van der Waals surface area contributed by atoms with Crippen LogP contribution in [0.2, 0.25) is 0 Å². The molecule has 2 aliphatic rings. The van der Waals surface area contributed by atoms with Crippen molar-refractivity contribution in [2.24, 2.45) is 0 Å². The predicted molar refractivity (Wildman–Crippen MR) is 134 cm³/mol. The van der Waals surface area contributed by atoms with Gasteiger partial charge in [0.15, 0.2) is 5.43 Å². The highest BCUT2D eigenvalue weighted by atomic mass is 16.5. The van der Waals surface area contributed by atoms with E-state index in [0.717, 1.165) is 62.6 Å². The lowest BCUT2D eigenvalue weighted by molar-refractivity contribution is 0.0353. The Morgan fingerprint density at radius 3 is 2.54 bits per heavy atom. The summed E-state index contributed by atoms with van der Waals surface area (Å²) in [4.78, 5) is 31.4. The van der Waals surface area contributed by atoms with Crippen LogP contribution in [-0.2, 0) is 4.74 Å². The standard InChI is InChI=1S/C28H32N2O5/c1-3-15-34-21-8-6-20(7-9-21)25-24-26(31)22-18-19(2)5-10-23(22)35-27(24)28(32)30(25)12-4-11-29-13-16-33-17-14-29/h5-10,18,25H,3-4,11-17H2,1-2H3/t25-/m1/s1. The molecule has 1 aromatic heterocycles. The second-order valence-electron chi connectivity index (χ2n) is 9.30. The van der Waals surface area contributed by atoms with E-state index in [1.165, 1.54) is 0 Å². The van der Waals surface area contributed by atoms with Gasteiger partial charge in [0, 0.05) is 26.2 Å². The highest BCUT2D eigenvalue weighted by molar-refractivity contribution is 5.99. The van der Waals surface area contributed by atoms with Gasteiger partial charge in [0.25, 0.3) is 5.91 Å². The maximum Gasteiger partial charge on any atom is 0.290 e. The van der Waals surface area contributed by atoms with E-state index in [1.54, 1.807) is 11.0 Å². The van der Waals surface area contributed by atoms with Crippen molar-refractivity contribution >= 4 is 16.9 Å². The molecule has 0 radical (unpaired) electrons. The molecule has 7 nitrogen and oxygen atoms in total. The van der Waals surface area contributed by atoms with Crippen LogP contribution in [0.3, 0.4) is 0 Å². The summed E-state index contributed by atoms with van der Waals surface area (Å²) < 4.78 is 17.2. The third-order valence-corrected chi connectivity index (χ3v) is 6.77. The minimum absolute atomic E-state index is 0.134. The smallest absolute Gasteiger partial charge is 0.290 e. The van der Waals surface area contributed by atoms with E-state index in [4.69, 9.17) is 13.9 Å². The second kappa shape index (κ2) is 10.2. The Morgan fingerprint density at radius 2 is 1.80 bits per heavy atom. The number of carbonyl (C=O) groups excluding carboxylic acids is 1. The van der Waals surface area contributed by atoms with Crippen LogP contribution in [0.1, 0.15) is 53.1 Å². The normalized spacial score (nSPS) is 18.3. The molecule has 1 amide bonds. The van der Waals surface area contributed by atoms with Crippen LogP contribution in [0, 0.1) is 6.92 Å². The summed E-state index contributed by atoms with van der Waals surface area (Å²) in [7, 11) is 0. The molecule has 0 N–H and O–H groups in total. The Balaban J connectivity index is 1.50. The molecule has 1 saturated heterocycles. The third-order valence-electron chi connectivity index (χ3n) is 6.77. The minimum Gasteiger partial charge on any atom is -0.494 e. The van der Waals surface area contributed by atoms with Crippen molar-refractivity contribution in [3.8, 4) is 5.75 Å². The van der Waals surface area contributed by atoms with Crippen molar-refractivity contribution in [3.05, 3.63) is 75.1 Å². The quantitative estimate of drug-likeness (QED) is 0.486. The molecular weight excluding hydrogens is 444 g/mol. The van der Waals surface area contributed by atoms with Crippen molar-refractivity contribution in [2.75, 3.05) is 46.0 Å². The van der Waals surface area contributed by atoms with Crippen molar-refractivity contribution in [1.82, 2.24) is 9.80 Å². The maximum atomic E-state index is 13.7. The Morgan fingerprint density at radius 1 is 1.03 bits per heavy atom. The van der Waals surface area contributed by atoms with E-state index in [9.17, 15) is 9.59 Å². The zero-order valence-electron chi connectivity index (χ0n) is 20.4. The number of aryl methyl sites for hydroxylation is 1. The molecule has 7 heteroatoms. The molecule has 0 spiro atoms. The van der Waals surface area contributed by atoms with Gasteiger partial charge < -0.3 is 18.8 Å². The zero-order chi connectivity index (χ0) is 24.4. The van der Waals surface area contributed by atoms with Gasteiger partial charge in [-0.15, -0.1) is 0 Å². The largest absolute Gasteiger partial charge is 0.494 e. The number of nitrogens with zero attached hydrogens (tertiary/aromatic N) is 2. The topological polar surface area (TPSA) is 72.2 Å². The number of morpholine rings is 1. The summed E-state index contributed by atoms with van der Waals surface area (Å²) in [6.45, 7) is 9.37. The van der Waals surface area contributed by atoms with Gasteiger partial charge >= 0.3 is 0 Å². The Labute approximate surface area is 205 Å². The molecule has 2 aliphatic heterocycles. The number of ether oxygens (including phenoxy) is 2. The van der Waals surface area contributed by atoms with Crippen LogP contribution in [0.15, 0.2) is 51.7 Å². The summed E-state index contributed by atoms with van der Waals surface area (Å²) in [5.41, 5.74) is 2.61. The summed E-state index contributed by atoms with van der Waals surface area (Å²) in [6, 6.07) is 12.7. The Hall–Kier alpha value is -3.16. The lowest BCUT2D eigenvalue weighted by Crippen LogP contribution is -2.38. The highest BCUT2D eigenvalue weighted by Crippen LogP contribution is 2.38. The average molecular weight is 477 g/mol. The monoisotopic (exact) mass is 476 g/mol. The van der Waals surface area contributed by atoms with Gasteiger partial charge in [-0.2, -0.15) is 0 Å². The predicted octanol–water partition coefficient (Wildman–Crippen LogP) is 4.16. The van der Waals surface area contributed by atoms with E-state index >= 15 is 0 Å². The maximum absolute atomic E-state index is 13.7. The molecule has 184 valence electrons. The molecule has 0 saturated carbocycles. The van der Waals surface area contributed by atoms with Gasteiger partial charge in [0.05, 0.1) is 36.8 Å². The molecule has 1 fully saturated rings. The van der Waals surface area contributed by atoms with Crippen LogP contribution >= 0.6 is 0 Å². The van der Waals surface area contributed by atoms with E-state index < -0.39 is 6.04 Å². The number of carbonyl (C=O) groups is 1. The van der Waals surface area contributed by atoms with Crippen LogP contribution < -0.4 is 10.2 Å². The average Bonchev–Trinajstić information content (AvgIpc) is 3.16. The first kappa shape index (κ1) is 23.6. The number of amides is 1. The summed E-state index contributed by atoms with van der Waals surface area (Å²) in [5.74, 6) is 0.715. The fourth-order valence-electron chi connectivity index (χ4n) is 4.97. The fraction of sp³-hybridized carbons (Fsp3) is 0.429. The lowest BCUT2D eigenvalue weighted by Gasteiger charge is -2.29. The van der Waals surface area contributed by atoms with E-state index in [0.29, 0.717) is 29.7 Å². The van der Waals surface area contributed by atoms with Crippen LogP contribution in [0.5, 0.6) is 5.75 Å². The first-order valence-corrected chi connectivity index (χ1v) is 12.5. The van der Waals surface area contributed by atoms with Crippen molar-refractivity contribution < 1.29 is 18.7 Å². The molecule has 35 heavy (non-hydrogen) atoms. The molecule has 3 aromatic rings. The molecule has 1 atom stereocenters. The van der Waals surface area contributed by atoms with E-state index in [1.807, 2.05) is 43.3 Å². The van der Waals surface area contributed by atoms with Gasteiger partial charge in [0.1, 0.15) is 11.3 Å². The van der Waals surface area contributed by atoms with Gasteiger partial charge in [-0.25, -0.2) is 0 Å². The van der Waals surface area contributed by atoms with Crippen LogP contribution in [0.4, 0.5) is 0 Å². The molecule has 3 heterocycles. The molecular formula is C28H32N2O5. The van der Waals surface area contributed by atoms with Gasteiger partial charge in [-0.05, 0) is 49.6 Å². The molecule has 0 bridgehead atoms. The number of fused-ring (bicyclic) bond motifs is 2. The summed E-state index contributed by atoms with van der Waals surface area (Å²) >= 11 is 0. The second-order valence-corrected chi connectivity index (χ2v) is 9.30. The Bertz CT molecular complexity index is 1260. The zero-order valence-corrected chi connectivity index (χ0v) is 20.4. The minimum atomic E-state index is -0.483. The SMILES string of the molecule is CCCOc1ccc([C@@H]2c3c(oc4ccc(C)cc4c3=O)C(=O)N2CCCN2CCOCC2)cc1. The first-order chi connectivity index (χ1) is 17.1. The lowest BCUT2D eigenvalue weighted by atomic mass is 9.98. The number of benzene rings is 2. The van der Waals surface area contributed by atoms with Crippen molar-refractivity contribution in [3.63, 3.8) is 0 Å². The van der Waals surface area contributed by atoms with E-state index in [2.05, 4.69) is 11.8 Å². The van der Waals surface area contributed by atoms with Crippen LogP contribution in [0.25, 0.3) is 11.0 Å². The van der Waals surface area contributed by atoms with E-state index in [-0.39, 0.29) is 17.1 Å². The third kappa shape index (κ3) is 4.70. The molecule has 0 aliphatic carbocycles.